The molecule has 3 aliphatic heterocycles. The van der Waals surface area contributed by atoms with Crippen molar-refractivity contribution in [2.75, 3.05) is 6.79 Å². The van der Waals surface area contributed by atoms with Gasteiger partial charge in [0.2, 0.25) is 12.7 Å². The van der Waals surface area contributed by atoms with Crippen LogP contribution in [0, 0.1) is 0 Å². The number of nitrogens with zero attached hydrogens (tertiary/aromatic N) is 2. The van der Waals surface area contributed by atoms with Crippen molar-refractivity contribution in [3.8, 4) is 17.4 Å². The van der Waals surface area contributed by atoms with Crippen molar-refractivity contribution in [1.29, 1.82) is 0 Å². The molecule has 0 spiro atoms. The number of aliphatic imine (C=N–C) groups is 1. The number of aryl methyl sites for hydroxylation is 1. The molecule has 128 valence electrons. The zero-order chi connectivity index (χ0) is 17.1. The molecule has 7 nitrogen and oxygen atoms in total. The van der Waals surface area contributed by atoms with Gasteiger partial charge in [0.25, 0.3) is 0 Å². The Kier molecular flexibility index (Phi) is 3.03. The Balaban J connectivity index is 1.78. The molecule has 4 heterocycles. The fourth-order valence-electron chi connectivity index (χ4n) is 3.60. The molecule has 0 fully saturated rings. The lowest BCUT2D eigenvalue weighted by atomic mass is 9.81. The average Bonchev–Trinajstić information content (AvgIpc) is 3.19. The number of aromatic nitrogens is 2. The maximum Gasteiger partial charge on any atom is 0.244 e. The second kappa shape index (κ2) is 5.16. The van der Waals surface area contributed by atoms with Gasteiger partial charge in [0.05, 0.1) is 17.2 Å². The quantitative estimate of drug-likeness (QED) is 0.860. The van der Waals surface area contributed by atoms with Crippen LogP contribution in [0.2, 0.25) is 0 Å². The van der Waals surface area contributed by atoms with E-state index in [9.17, 15) is 0 Å². The number of ether oxygens (including phenoxy) is 3. The van der Waals surface area contributed by atoms with Crippen LogP contribution in [0.4, 0.5) is 5.69 Å². The minimum absolute atomic E-state index is 0.196. The molecule has 0 saturated carbocycles. The predicted molar refractivity (Wildman–Crippen MR) is 91.8 cm³/mol. The summed E-state index contributed by atoms with van der Waals surface area (Å²) in [7, 11) is 0. The molecule has 8 heteroatoms. The zero-order valence-electron chi connectivity index (χ0n) is 13.4. The van der Waals surface area contributed by atoms with E-state index in [1.807, 2.05) is 12.1 Å². The lowest BCUT2D eigenvalue weighted by Gasteiger charge is -2.30. The summed E-state index contributed by atoms with van der Waals surface area (Å²) in [4.78, 5) is 4.49. The SMILES string of the molecule is CCCc1[nH]nc2c1C1C(=C(N)O2)C(Cl)=Nc2cc3c(cc21)OCO3. The van der Waals surface area contributed by atoms with E-state index in [0.29, 0.717) is 28.1 Å². The number of aromatic amines is 1. The summed E-state index contributed by atoms with van der Waals surface area (Å²) in [5, 5.41) is 7.68. The van der Waals surface area contributed by atoms with Gasteiger partial charge >= 0.3 is 0 Å². The summed E-state index contributed by atoms with van der Waals surface area (Å²) in [6.45, 7) is 2.32. The Morgan fingerprint density at radius 3 is 2.92 bits per heavy atom. The number of hydrogen-bond donors (Lipinski definition) is 2. The summed E-state index contributed by atoms with van der Waals surface area (Å²) in [6, 6.07) is 3.79. The van der Waals surface area contributed by atoms with Gasteiger partial charge in [-0.2, -0.15) is 0 Å². The van der Waals surface area contributed by atoms with Gasteiger partial charge in [-0.15, -0.1) is 5.10 Å². The van der Waals surface area contributed by atoms with Crippen molar-refractivity contribution in [2.45, 2.75) is 25.7 Å². The van der Waals surface area contributed by atoms with Crippen molar-refractivity contribution in [3.63, 3.8) is 0 Å². The van der Waals surface area contributed by atoms with Crippen LogP contribution < -0.4 is 19.9 Å². The number of rotatable bonds is 2. The Bertz CT molecular complexity index is 963. The molecule has 1 atom stereocenters. The van der Waals surface area contributed by atoms with Crippen LogP contribution in [0.15, 0.2) is 28.6 Å². The van der Waals surface area contributed by atoms with Gasteiger partial charge in [0.1, 0.15) is 5.17 Å². The maximum absolute atomic E-state index is 6.46. The molecule has 0 amide bonds. The fourth-order valence-corrected chi connectivity index (χ4v) is 3.90. The molecule has 0 saturated heterocycles. The lowest BCUT2D eigenvalue weighted by molar-refractivity contribution is 0.174. The van der Waals surface area contributed by atoms with E-state index < -0.39 is 0 Å². The number of H-pyrrole nitrogens is 1. The van der Waals surface area contributed by atoms with Crippen LogP contribution in [0.25, 0.3) is 0 Å². The van der Waals surface area contributed by atoms with Crippen LogP contribution >= 0.6 is 11.6 Å². The van der Waals surface area contributed by atoms with E-state index in [4.69, 9.17) is 31.5 Å². The van der Waals surface area contributed by atoms with E-state index in [0.717, 1.165) is 35.3 Å². The fraction of sp³-hybridized carbons (Fsp3) is 0.294. The first-order valence-corrected chi connectivity index (χ1v) is 8.48. The topological polar surface area (TPSA) is 94.8 Å². The van der Waals surface area contributed by atoms with E-state index >= 15 is 0 Å². The summed E-state index contributed by atoms with van der Waals surface area (Å²) in [6.07, 6.45) is 1.83. The molecule has 2 aromatic rings. The number of nitrogens with two attached hydrogens (primary N) is 1. The molecule has 25 heavy (non-hydrogen) atoms. The van der Waals surface area contributed by atoms with E-state index in [1.165, 1.54) is 0 Å². The number of halogens is 1. The minimum atomic E-state index is -0.196. The minimum Gasteiger partial charge on any atom is -0.454 e. The van der Waals surface area contributed by atoms with Gasteiger partial charge in [0, 0.05) is 17.3 Å². The third kappa shape index (κ3) is 1.99. The second-order valence-electron chi connectivity index (χ2n) is 6.15. The Hall–Kier alpha value is -2.67. The normalized spacial score (nSPS) is 19.8. The van der Waals surface area contributed by atoms with Gasteiger partial charge < -0.3 is 19.9 Å². The zero-order valence-corrected chi connectivity index (χ0v) is 14.2. The molecule has 1 aromatic carbocycles. The first kappa shape index (κ1) is 14.7. The Morgan fingerprint density at radius 2 is 2.12 bits per heavy atom. The van der Waals surface area contributed by atoms with Gasteiger partial charge in [-0.3, -0.25) is 5.10 Å². The monoisotopic (exact) mass is 358 g/mol. The molecule has 5 rings (SSSR count). The highest BCUT2D eigenvalue weighted by Gasteiger charge is 2.40. The maximum atomic E-state index is 6.46. The van der Waals surface area contributed by atoms with Crippen LogP contribution in [0.3, 0.4) is 0 Å². The van der Waals surface area contributed by atoms with Crippen molar-refractivity contribution in [3.05, 3.63) is 40.4 Å². The number of allylic oxidation sites excluding steroid dienone is 1. The molecule has 3 aliphatic rings. The summed E-state index contributed by atoms with van der Waals surface area (Å²) in [5.41, 5.74) is 10.5. The number of fused-ring (bicyclic) bond motifs is 6. The molecular formula is C17H15ClN4O3. The van der Waals surface area contributed by atoms with Crippen LogP contribution in [-0.2, 0) is 6.42 Å². The van der Waals surface area contributed by atoms with Gasteiger partial charge in [-0.1, -0.05) is 24.9 Å². The third-order valence-electron chi connectivity index (χ3n) is 4.67. The largest absolute Gasteiger partial charge is 0.454 e. The number of hydrogen-bond acceptors (Lipinski definition) is 6. The highest BCUT2D eigenvalue weighted by molar-refractivity contribution is 6.70. The van der Waals surface area contributed by atoms with Crippen molar-refractivity contribution < 1.29 is 14.2 Å². The Morgan fingerprint density at radius 1 is 1.32 bits per heavy atom. The third-order valence-corrected chi connectivity index (χ3v) is 4.96. The molecule has 1 aromatic heterocycles. The lowest BCUT2D eigenvalue weighted by Crippen LogP contribution is -2.26. The highest BCUT2D eigenvalue weighted by Crippen LogP contribution is 2.52. The first-order chi connectivity index (χ1) is 12.2. The van der Waals surface area contributed by atoms with E-state index in [1.54, 1.807) is 0 Å². The molecule has 0 radical (unpaired) electrons. The molecular weight excluding hydrogens is 344 g/mol. The molecule has 3 N–H and O–H groups in total. The summed E-state index contributed by atoms with van der Waals surface area (Å²) < 4.78 is 16.7. The van der Waals surface area contributed by atoms with Gasteiger partial charge in [-0.25, -0.2) is 4.99 Å². The highest BCUT2D eigenvalue weighted by atomic mass is 35.5. The number of nitrogens with one attached hydrogen (secondary N) is 1. The van der Waals surface area contributed by atoms with E-state index in [-0.39, 0.29) is 18.6 Å². The van der Waals surface area contributed by atoms with Crippen molar-refractivity contribution in [1.82, 2.24) is 10.2 Å². The molecule has 0 bridgehead atoms. The molecule has 0 aliphatic carbocycles. The van der Waals surface area contributed by atoms with Crippen LogP contribution in [-0.4, -0.2) is 22.2 Å². The smallest absolute Gasteiger partial charge is 0.244 e. The van der Waals surface area contributed by atoms with E-state index in [2.05, 4.69) is 22.1 Å². The van der Waals surface area contributed by atoms with Gasteiger partial charge in [-0.05, 0) is 18.1 Å². The number of benzene rings is 1. The molecule has 1 unspecified atom stereocenters. The summed E-state index contributed by atoms with van der Waals surface area (Å²) in [5.74, 6) is 1.88. The predicted octanol–water partition coefficient (Wildman–Crippen LogP) is 3.07. The summed E-state index contributed by atoms with van der Waals surface area (Å²) >= 11 is 6.46. The second-order valence-corrected chi connectivity index (χ2v) is 6.51. The van der Waals surface area contributed by atoms with Crippen LogP contribution in [0.1, 0.15) is 36.1 Å². The van der Waals surface area contributed by atoms with Crippen LogP contribution in [0.5, 0.6) is 17.4 Å². The van der Waals surface area contributed by atoms with Crippen molar-refractivity contribution in [2.24, 2.45) is 10.7 Å². The average molecular weight is 359 g/mol. The Labute approximate surface area is 148 Å². The standard InChI is InChI=1S/C17H15ClN4O3/c1-2-3-8-13-12-7-4-10-11(24-6-23-10)5-9(7)20-15(18)14(12)16(19)25-17(13)22-21-8/h4-5,12H,2-3,6,19H2,1H3,(H,21,22). The van der Waals surface area contributed by atoms with Gasteiger partial charge in [0.15, 0.2) is 17.4 Å². The van der Waals surface area contributed by atoms with Crippen molar-refractivity contribution >= 4 is 22.5 Å². The first-order valence-electron chi connectivity index (χ1n) is 8.10.